The molecule has 0 aliphatic carbocycles. The van der Waals surface area contributed by atoms with Crippen LogP contribution in [0.1, 0.15) is 34.6 Å². The van der Waals surface area contributed by atoms with Crippen molar-refractivity contribution in [2.24, 2.45) is 0 Å². The molecule has 0 aliphatic rings. The van der Waals surface area contributed by atoms with Crippen LogP contribution in [0.2, 0.25) is 0 Å². The minimum atomic E-state index is -0.251. The van der Waals surface area contributed by atoms with E-state index in [1.54, 1.807) is 19.1 Å². The van der Waals surface area contributed by atoms with Crippen LogP contribution in [0, 0.1) is 12.7 Å². The Morgan fingerprint density at radius 3 is 2.56 bits per heavy atom. The fraction of sp³-hybridized carbons (Fsp3) is 0.286. The zero-order valence-corrected chi connectivity index (χ0v) is 10.4. The molecule has 0 aliphatic heterocycles. The average molecular weight is 247 g/mol. The van der Waals surface area contributed by atoms with E-state index in [0.717, 1.165) is 5.56 Å². The second kappa shape index (κ2) is 5.12. The van der Waals surface area contributed by atoms with Crippen molar-refractivity contribution in [3.05, 3.63) is 53.0 Å². The maximum absolute atomic E-state index is 12.8. The van der Waals surface area contributed by atoms with E-state index in [9.17, 15) is 9.18 Å². The first-order valence-electron chi connectivity index (χ1n) is 5.78. The Bertz CT molecular complexity index is 558. The molecular formula is C14H14FNO2. The largest absolute Gasteiger partial charge is 0.445 e. The molecule has 0 spiro atoms. The normalized spacial score (nSPS) is 10.6. The van der Waals surface area contributed by atoms with Gasteiger partial charge in [0.1, 0.15) is 17.3 Å². The van der Waals surface area contributed by atoms with Crippen LogP contribution in [0.15, 0.2) is 28.7 Å². The molecule has 1 aromatic carbocycles. The van der Waals surface area contributed by atoms with Gasteiger partial charge in [0.05, 0.1) is 0 Å². The highest BCUT2D eigenvalue weighted by Crippen LogP contribution is 2.15. The van der Waals surface area contributed by atoms with Gasteiger partial charge in [-0.25, -0.2) is 9.37 Å². The molecule has 0 fully saturated rings. The van der Waals surface area contributed by atoms with E-state index >= 15 is 0 Å². The van der Waals surface area contributed by atoms with Gasteiger partial charge in [0, 0.05) is 20.3 Å². The lowest BCUT2D eigenvalue weighted by Gasteiger charge is -2.00. The standard InChI is InChI=1S/C14H14FNO2/c1-9(17)14-13(18-10(2)16-14)8-5-11-3-6-12(15)7-4-11/h3-4,6-7H,5,8H2,1-2H3. The van der Waals surface area contributed by atoms with Crippen LogP contribution in [0.25, 0.3) is 0 Å². The molecule has 0 radical (unpaired) electrons. The summed E-state index contributed by atoms with van der Waals surface area (Å²) in [7, 11) is 0. The summed E-state index contributed by atoms with van der Waals surface area (Å²) in [6.07, 6.45) is 1.27. The SMILES string of the molecule is CC(=O)c1nc(C)oc1CCc1ccc(F)cc1. The van der Waals surface area contributed by atoms with E-state index in [4.69, 9.17) is 4.42 Å². The zero-order valence-electron chi connectivity index (χ0n) is 10.4. The predicted molar refractivity (Wildman–Crippen MR) is 65.1 cm³/mol. The monoisotopic (exact) mass is 247 g/mol. The Hall–Kier alpha value is -1.97. The topological polar surface area (TPSA) is 43.1 Å². The number of nitrogens with zero attached hydrogens (tertiary/aromatic N) is 1. The third kappa shape index (κ3) is 2.83. The van der Waals surface area contributed by atoms with Gasteiger partial charge in [-0.15, -0.1) is 0 Å². The third-order valence-corrected chi connectivity index (χ3v) is 2.69. The number of halogens is 1. The first-order chi connectivity index (χ1) is 8.56. The van der Waals surface area contributed by atoms with Crippen molar-refractivity contribution in [3.8, 4) is 0 Å². The van der Waals surface area contributed by atoms with Crippen LogP contribution in [0.5, 0.6) is 0 Å². The van der Waals surface area contributed by atoms with Crippen molar-refractivity contribution in [1.82, 2.24) is 4.98 Å². The number of ketones is 1. The Morgan fingerprint density at radius 1 is 1.28 bits per heavy atom. The van der Waals surface area contributed by atoms with Crippen molar-refractivity contribution in [1.29, 1.82) is 0 Å². The average Bonchev–Trinajstić information content (AvgIpc) is 2.70. The maximum Gasteiger partial charge on any atom is 0.191 e. The molecule has 18 heavy (non-hydrogen) atoms. The van der Waals surface area contributed by atoms with E-state index in [0.29, 0.717) is 30.2 Å². The Morgan fingerprint density at radius 2 is 1.94 bits per heavy atom. The second-order valence-electron chi connectivity index (χ2n) is 4.19. The van der Waals surface area contributed by atoms with Crippen molar-refractivity contribution in [2.45, 2.75) is 26.7 Å². The Balaban J connectivity index is 2.10. The molecule has 0 bridgehead atoms. The molecule has 3 nitrogen and oxygen atoms in total. The summed E-state index contributed by atoms with van der Waals surface area (Å²) in [5.74, 6) is 0.748. The third-order valence-electron chi connectivity index (χ3n) is 2.69. The number of carbonyl (C=O) groups is 1. The molecule has 2 aromatic rings. The number of carbonyl (C=O) groups excluding carboxylic acids is 1. The van der Waals surface area contributed by atoms with E-state index in [2.05, 4.69) is 4.98 Å². The summed E-state index contributed by atoms with van der Waals surface area (Å²) in [6, 6.07) is 6.30. The summed E-state index contributed by atoms with van der Waals surface area (Å²) in [6.45, 7) is 3.19. The Kier molecular flexibility index (Phi) is 3.55. The quantitative estimate of drug-likeness (QED) is 0.780. The summed E-state index contributed by atoms with van der Waals surface area (Å²) in [5, 5.41) is 0. The second-order valence-corrected chi connectivity index (χ2v) is 4.19. The molecular weight excluding hydrogens is 233 g/mol. The summed E-state index contributed by atoms with van der Waals surface area (Å²) >= 11 is 0. The van der Waals surface area contributed by atoms with Crippen molar-refractivity contribution < 1.29 is 13.6 Å². The highest BCUT2D eigenvalue weighted by atomic mass is 19.1. The molecule has 1 aromatic heterocycles. The lowest BCUT2D eigenvalue weighted by Crippen LogP contribution is -1.99. The van der Waals surface area contributed by atoms with Gasteiger partial charge in [0.2, 0.25) is 0 Å². The zero-order chi connectivity index (χ0) is 13.1. The fourth-order valence-electron chi connectivity index (χ4n) is 1.82. The molecule has 1 heterocycles. The first-order valence-corrected chi connectivity index (χ1v) is 5.78. The highest BCUT2D eigenvalue weighted by molar-refractivity contribution is 5.93. The van der Waals surface area contributed by atoms with Gasteiger partial charge >= 0.3 is 0 Å². The Labute approximate surface area is 105 Å². The molecule has 0 atom stereocenters. The summed E-state index contributed by atoms with van der Waals surface area (Å²) in [5.41, 5.74) is 1.40. The van der Waals surface area contributed by atoms with Crippen LogP contribution in [0.3, 0.4) is 0 Å². The summed E-state index contributed by atoms with van der Waals surface area (Å²) < 4.78 is 18.2. The number of benzene rings is 1. The van der Waals surface area contributed by atoms with Crippen LogP contribution in [-0.2, 0) is 12.8 Å². The lowest BCUT2D eigenvalue weighted by molar-refractivity contribution is 0.101. The molecule has 0 saturated carbocycles. The van der Waals surface area contributed by atoms with E-state index in [1.165, 1.54) is 19.1 Å². The van der Waals surface area contributed by atoms with Gasteiger partial charge in [-0.2, -0.15) is 0 Å². The van der Waals surface area contributed by atoms with Crippen LogP contribution < -0.4 is 0 Å². The van der Waals surface area contributed by atoms with Crippen LogP contribution >= 0.6 is 0 Å². The molecule has 0 N–H and O–H groups in total. The minimum absolute atomic E-state index is 0.0963. The lowest BCUT2D eigenvalue weighted by atomic mass is 10.1. The van der Waals surface area contributed by atoms with Crippen molar-refractivity contribution in [2.75, 3.05) is 0 Å². The fourth-order valence-corrected chi connectivity index (χ4v) is 1.82. The van der Waals surface area contributed by atoms with Crippen LogP contribution in [-0.4, -0.2) is 10.8 Å². The van der Waals surface area contributed by atoms with Crippen LogP contribution in [0.4, 0.5) is 4.39 Å². The molecule has 2 rings (SSSR count). The number of oxazole rings is 1. The number of hydrogen-bond donors (Lipinski definition) is 0. The predicted octanol–water partition coefficient (Wildman–Crippen LogP) is 3.11. The van der Waals surface area contributed by atoms with Crippen molar-refractivity contribution in [3.63, 3.8) is 0 Å². The number of aromatic nitrogens is 1. The number of Topliss-reactive ketones (excluding diaryl/α,β-unsaturated/α-hetero) is 1. The van der Waals surface area contributed by atoms with Gasteiger partial charge in [-0.05, 0) is 24.1 Å². The maximum atomic E-state index is 12.8. The van der Waals surface area contributed by atoms with Gasteiger partial charge in [0.15, 0.2) is 11.7 Å². The smallest absolute Gasteiger partial charge is 0.191 e. The van der Waals surface area contributed by atoms with Gasteiger partial charge in [0.25, 0.3) is 0 Å². The highest BCUT2D eigenvalue weighted by Gasteiger charge is 2.14. The molecule has 94 valence electrons. The molecule has 0 unspecified atom stereocenters. The summed E-state index contributed by atoms with van der Waals surface area (Å²) in [4.78, 5) is 15.4. The molecule has 0 saturated heterocycles. The number of rotatable bonds is 4. The van der Waals surface area contributed by atoms with Gasteiger partial charge < -0.3 is 4.42 Å². The van der Waals surface area contributed by atoms with Crippen molar-refractivity contribution >= 4 is 5.78 Å². The minimum Gasteiger partial charge on any atom is -0.445 e. The molecule has 0 amide bonds. The number of aryl methyl sites for hydroxylation is 3. The van der Waals surface area contributed by atoms with Gasteiger partial charge in [-0.3, -0.25) is 4.79 Å². The number of hydrogen-bond acceptors (Lipinski definition) is 3. The van der Waals surface area contributed by atoms with E-state index in [-0.39, 0.29) is 11.6 Å². The first kappa shape index (κ1) is 12.5. The van der Waals surface area contributed by atoms with E-state index in [1.807, 2.05) is 0 Å². The molecule has 4 heteroatoms. The van der Waals surface area contributed by atoms with Gasteiger partial charge in [-0.1, -0.05) is 12.1 Å². The van der Waals surface area contributed by atoms with E-state index < -0.39 is 0 Å².